The summed E-state index contributed by atoms with van der Waals surface area (Å²) in [5.41, 5.74) is 6.51. The summed E-state index contributed by atoms with van der Waals surface area (Å²) in [6.45, 7) is 4.84. The van der Waals surface area contributed by atoms with Gasteiger partial charge in [0.2, 0.25) is 5.91 Å². The van der Waals surface area contributed by atoms with Gasteiger partial charge in [0.1, 0.15) is 12.5 Å². The van der Waals surface area contributed by atoms with Crippen molar-refractivity contribution < 1.29 is 9.18 Å². The predicted octanol–water partition coefficient (Wildman–Crippen LogP) is 1.94. The summed E-state index contributed by atoms with van der Waals surface area (Å²) in [6, 6.07) is 3.39. The fourth-order valence-corrected chi connectivity index (χ4v) is 2.54. The molecule has 5 nitrogen and oxygen atoms in total. The number of alkyl halides is 1. The molecule has 0 bridgehead atoms. The van der Waals surface area contributed by atoms with Crippen LogP contribution < -0.4 is 11.1 Å². The number of hydrogen-bond donors (Lipinski definition) is 2. The van der Waals surface area contributed by atoms with Crippen molar-refractivity contribution in [2.75, 3.05) is 18.4 Å². The zero-order valence-corrected chi connectivity index (χ0v) is 13.3. The quantitative estimate of drug-likeness (QED) is 0.872. The van der Waals surface area contributed by atoms with Crippen LogP contribution in [0.25, 0.3) is 0 Å². The summed E-state index contributed by atoms with van der Waals surface area (Å²) >= 11 is 0. The van der Waals surface area contributed by atoms with Crippen LogP contribution in [0.2, 0.25) is 0 Å². The van der Waals surface area contributed by atoms with Gasteiger partial charge in [-0.25, -0.2) is 9.37 Å². The topological polar surface area (TPSA) is 71.2 Å². The molecule has 0 spiro atoms. The first kappa shape index (κ1) is 16.7. The van der Waals surface area contributed by atoms with Gasteiger partial charge in [-0.1, -0.05) is 19.9 Å². The van der Waals surface area contributed by atoms with Gasteiger partial charge in [-0.2, -0.15) is 0 Å². The third kappa shape index (κ3) is 4.16. The second kappa shape index (κ2) is 7.54. The number of pyridine rings is 1. The maximum Gasteiger partial charge on any atom is 0.239 e. The molecular weight excluding hydrogens is 283 g/mol. The summed E-state index contributed by atoms with van der Waals surface area (Å²) in [7, 11) is 0. The fourth-order valence-electron chi connectivity index (χ4n) is 2.54. The molecule has 2 rings (SSSR count). The van der Waals surface area contributed by atoms with Gasteiger partial charge in [-0.15, -0.1) is 0 Å². The molecule has 0 saturated carbocycles. The zero-order valence-electron chi connectivity index (χ0n) is 13.3. The van der Waals surface area contributed by atoms with Gasteiger partial charge in [0, 0.05) is 30.9 Å². The standard InChI is InChI=1S/C16H25FN4O/c1-11(2)15(18)16(22)21-7-5-13(6-8-21)20-14-4-3-12(9-17)10-19-14/h3-4,10-11,13,15H,5-9,18H2,1-2H3,(H,19,20). The monoisotopic (exact) mass is 308 g/mol. The number of halogens is 1. The number of hydrogen-bond acceptors (Lipinski definition) is 4. The lowest BCUT2D eigenvalue weighted by atomic mass is 10.0. The average molecular weight is 308 g/mol. The van der Waals surface area contributed by atoms with Crippen molar-refractivity contribution in [2.45, 2.75) is 45.4 Å². The van der Waals surface area contributed by atoms with Crippen molar-refractivity contribution in [2.24, 2.45) is 11.7 Å². The number of nitrogens with zero attached hydrogens (tertiary/aromatic N) is 2. The number of amides is 1. The van der Waals surface area contributed by atoms with Gasteiger partial charge in [0.05, 0.1) is 6.04 Å². The van der Waals surface area contributed by atoms with Crippen LogP contribution >= 0.6 is 0 Å². The number of nitrogens with one attached hydrogen (secondary N) is 1. The van der Waals surface area contributed by atoms with Crippen LogP contribution in [-0.4, -0.2) is 41.0 Å². The third-order valence-corrected chi connectivity index (χ3v) is 4.14. The summed E-state index contributed by atoms with van der Waals surface area (Å²) < 4.78 is 12.4. The Morgan fingerprint density at radius 1 is 1.45 bits per heavy atom. The highest BCUT2D eigenvalue weighted by atomic mass is 19.1. The molecule has 1 saturated heterocycles. The van der Waals surface area contributed by atoms with Gasteiger partial charge < -0.3 is 16.0 Å². The van der Waals surface area contributed by atoms with Crippen LogP contribution in [0.4, 0.5) is 10.2 Å². The van der Waals surface area contributed by atoms with Crippen LogP contribution in [0.3, 0.4) is 0 Å². The molecule has 2 heterocycles. The molecule has 0 aromatic carbocycles. The smallest absolute Gasteiger partial charge is 0.239 e. The van der Waals surface area contributed by atoms with Gasteiger partial charge in [-0.05, 0) is 24.8 Å². The molecule has 1 unspecified atom stereocenters. The van der Waals surface area contributed by atoms with E-state index in [0.29, 0.717) is 18.7 Å². The molecule has 122 valence electrons. The molecule has 1 atom stereocenters. The molecule has 1 aromatic heterocycles. The van der Waals surface area contributed by atoms with Gasteiger partial charge in [-0.3, -0.25) is 4.79 Å². The van der Waals surface area contributed by atoms with Crippen molar-refractivity contribution in [3.63, 3.8) is 0 Å². The van der Waals surface area contributed by atoms with Crippen LogP contribution in [0.5, 0.6) is 0 Å². The third-order valence-electron chi connectivity index (χ3n) is 4.14. The maximum absolute atomic E-state index is 12.4. The highest BCUT2D eigenvalue weighted by Crippen LogP contribution is 2.17. The largest absolute Gasteiger partial charge is 0.367 e. The number of rotatable bonds is 5. The molecule has 1 amide bonds. The Bertz CT molecular complexity index is 483. The van der Waals surface area contributed by atoms with E-state index >= 15 is 0 Å². The van der Waals surface area contributed by atoms with Crippen LogP contribution in [0, 0.1) is 5.92 Å². The number of nitrogens with two attached hydrogens (primary N) is 1. The van der Waals surface area contributed by atoms with E-state index < -0.39 is 12.7 Å². The van der Waals surface area contributed by atoms with Crippen molar-refractivity contribution in [3.05, 3.63) is 23.9 Å². The maximum atomic E-state index is 12.4. The van der Waals surface area contributed by atoms with Crippen molar-refractivity contribution >= 4 is 11.7 Å². The normalized spacial score (nSPS) is 17.6. The Balaban J connectivity index is 1.82. The van der Waals surface area contributed by atoms with E-state index in [1.165, 1.54) is 0 Å². The zero-order chi connectivity index (χ0) is 16.1. The lowest BCUT2D eigenvalue weighted by molar-refractivity contribution is -0.134. The summed E-state index contributed by atoms with van der Waals surface area (Å²) in [5.74, 6) is 0.946. The van der Waals surface area contributed by atoms with E-state index in [1.54, 1.807) is 18.3 Å². The highest BCUT2D eigenvalue weighted by molar-refractivity contribution is 5.82. The van der Waals surface area contributed by atoms with E-state index in [9.17, 15) is 9.18 Å². The SMILES string of the molecule is CC(C)C(N)C(=O)N1CCC(Nc2ccc(CF)cn2)CC1. The molecule has 0 radical (unpaired) electrons. The van der Waals surface area contributed by atoms with E-state index in [-0.39, 0.29) is 17.9 Å². The minimum Gasteiger partial charge on any atom is -0.367 e. The minimum atomic E-state index is -0.496. The first-order valence-corrected chi connectivity index (χ1v) is 7.83. The number of piperidine rings is 1. The lowest BCUT2D eigenvalue weighted by Crippen LogP contribution is -2.50. The molecule has 3 N–H and O–H groups in total. The second-order valence-corrected chi connectivity index (χ2v) is 6.20. The first-order chi connectivity index (χ1) is 10.5. The molecule has 1 fully saturated rings. The lowest BCUT2D eigenvalue weighted by Gasteiger charge is -2.34. The minimum absolute atomic E-state index is 0.0406. The molecule has 0 aliphatic carbocycles. The molecule has 1 aromatic rings. The van der Waals surface area contributed by atoms with E-state index in [0.717, 1.165) is 18.7 Å². The van der Waals surface area contributed by atoms with Gasteiger partial charge in [0.15, 0.2) is 0 Å². The van der Waals surface area contributed by atoms with E-state index in [1.807, 2.05) is 18.7 Å². The van der Waals surface area contributed by atoms with E-state index in [2.05, 4.69) is 10.3 Å². The molecular formula is C16H25FN4O. The van der Waals surface area contributed by atoms with Crippen molar-refractivity contribution in [3.8, 4) is 0 Å². The Morgan fingerprint density at radius 2 is 2.14 bits per heavy atom. The Labute approximate surface area is 131 Å². The summed E-state index contributed by atoms with van der Waals surface area (Å²) in [6.07, 6.45) is 3.27. The molecule has 6 heteroatoms. The summed E-state index contributed by atoms with van der Waals surface area (Å²) in [4.78, 5) is 18.3. The number of likely N-dealkylation sites (tertiary alicyclic amines) is 1. The Kier molecular flexibility index (Phi) is 5.71. The molecule has 1 aliphatic rings. The average Bonchev–Trinajstić information content (AvgIpc) is 2.55. The number of aromatic nitrogens is 1. The van der Waals surface area contributed by atoms with Gasteiger partial charge in [0.25, 0.3) is 0 Å². The summed E-state index contributed by atoms with van der Waals surface area (Å²) in [5, 5.41) is 3.34. The number of anilines is 1. The second-order valence-electron chi connectivity index (χ2n) is 6.20. The van der Waals surface area contributed by atoms with Crippen LogP contribution in [0.1, 0.15) is 32.3 Å². The molecule has 22 heavy (non-hydrogen) atoms. The van der Waals surface area contributed by atoms with Crippen molar-refractivity contribution in [1.82, 2.24) is 9.88 Å². The number of carbonyl (C=O) groups excluding carboxylic acids is 1. The van der Waals surface area contributed by atoms with Gasteiger partial charge >= 0.3 is 0 Å². The molecule has 1 aliphatic heterocycles. The highest BCUT2D eigenvalue weighted by Gasteiger charge is 2.27. The first-order valence-electron chi connectivity index (χ1n) is 7.83. The van der Waals surface area contributed by atoms with Crippen LogP contribution in [-0.2, 0) is 11.5 Å². The Hall–Kier alpha value is -1.69. The van der Waals surface area contributed by atoms with Crippen molar-refractivity contribution in [1.29, 1.82) is 0 Å². The fraction of sp³-hybridized carbons (Fsp3) is 0.625. The Morgan fingerprint density at radius 3 is 2.64 bits per heavy atom. The van der Waals surface area contributed by atoms with E-state index in [4.69, 9.17) is 5.73 Å². The predicted molar refractivity (Wildman–Crippen MR) is 85.1 cm³/mol. The van der Waals surface area contributed by atoms with Crippen LogP contribution in [0.15, 0.2) is 18.3 Å². The number of carbonyl (C=O) groups is 1.